The fraction of sp³-hybridized carbons (Fsp3) is 0.333. The summed E-state index contributed by atoms with van der Waals surface area (Å²) in [7, 11) is -4.49. The standard InChI is InChI=1S/C6H7NO5S.2Na.2H/c1-2-7-5(8)3-4(6(7)9)13(10,11)12;;;;/h2,4H,1,3H2,(H,10,11,12);;;;. The molecule has 1 unspecified atom stereocenters. The Bertz CT molecular complexity index is 379. The predicted molar refractivity (Wildman–Crippen MR) is 56.3 cm³/mol. The first-order valence-electron chi connectivity index (χ1n) is 3.32. The van der Waals surface area contributed by atoms with Crippen LogP contribution in [-0.4, -0.2) is 94.0 Å². The molecule has 1 aliphatic rings. The molecule has 15 heavy (non-hydrogen) atoms. The number of hydrogen-bond donors (Lipinski definition) is 1. The Morgan fingerprint density at radius 1 is 1.40 bits per heavy atom. The number of nitrogens with zero attached hydrogens (tertiary/aromatic N) is 1. The van der Waals surface area contributed by atoms with E-state index in [0.717, 1.165) is 6.20 Å². The molecule has 0 aromatic heterocycles. The van der Waals surface area contributed by atoms with Crippen molar-refractivity contribution >= 4 is 81.0 Å². The zero-order valence-corrected chi connectivity index (χ0v) is 7.32. The fourth-order valence-electron chi connectivity index (χ4n) is 1.05. The van der Waals surface area contributed by atoms with Gasteiger partial charge in [-0.05, 0) is 0 Å². The normalized spacial score (nSPS) is 20.6. The van der Waals surface area contributed by atoms with E-state index in [-0.39, 0.29) is 59.1 Å². The summed E-state index contributed by atoms with van der Waals surface area (Å²) in [5, 5.41) is -1.67. The monoisotopic (exact) mass is 253 g/mol. The average Bonchev–Trinajstić information content (AvgIpc) is 2.25. The van der Waals surface area contributed by atoms with E-state index in [4.69, 9.17) is 4.55 Å². The minimum atomic E-state index is -4.49. The van der Waals surface area contributed by atoms with Crippen molar-refractivity contribution in [3.05, 3.63) is 12.8 Å². The minimum absolute atomic E-state index is 0. The molecule has 0 radical (unpaired) electrons. The van der Waals surface area contributed by atoms with Crippen LogP contribution >= 0.6 is 0 Å². The first-order chi connectivity index (χ1) is 5.88. The predicted octanol–water partition coefficient (Wildman–Crippen LogP) is -2.15. The van der Waals surface area contributed by atoms with Crippen molar-refractivity contribution in [3.8, 4) is 0 Å². The Kier molecular flexibility index (Phi) is 7.88. The summed E-state index contributed by atoms with van der Waals surface area (Å²) >= 11 is 0. The molecule has 0 aliphatic carbocycles. The molecule has 1 N–H and O–H groups in total. The summed E-state index contributed by atoms with van der Waals surface area (Å²) in [6.45, 7) is 3.17. The molecule has 76 valence electrons. The number of carbonyl (C=O) groups is 2. The van der Waals surface area contributed by atoms with Gasteiger partial charge in [0.2, 0.25) is 5.91 Å². The van der Waals surface area contributed by atoms with Gasteiger partial charge in [0.05, 0.1) is 6.42 Å². The van der Waals surface area contributed by atoms with Crippen molar-refractivity contribution in [2.45, 2.75) is 11.7 Å². The van der Waals surface area contributed by atoms with Gasteiger partial charge >= 0.3 is 59.1 Å². The fourth-order valence-corrected chi connectivity index (χ4v) is 1.77. The number of carbonyl (C=O) groups excluding carboxylic acids is 2. The van der Waals surface area contributed by atoms with Crippen LogP contribution in [0.3, 0.4) is 0 Å². The molecule has 1 saturated heterocycles. The van der Waals surface area contributed by atoms with E-state index in [1.807, 2.05) is 0 Å². The summed E-state index contributed by atoms with van der Waals surface area (Å²) in [4.78, 5) is 22.6. The maximum atomic E-state index is 11.1. The molecule has 1 atom stereocenters. The summed E-state index contributed by atoms with van der Waals surface area (Å²) < 4.78 is 29.7. The Morgan fingerprint density at radius 2 is 1.87 bits per heavy atom. The molecule has 0 aromatic carbocycles. The first-order valence-corrected chi connectivity index (χ1v) is 4.83. The van der Waals surface area contributed by atoms with Gasteiger partial charge in [0.1, 0.15) is 0 Å². The molecule has 6 nitrogen and oxygen atoms in total. The Balaban J connectivity index is 0. The second-order valence-corrected chi connectivity index (χ2v) is 4.09. The molecular formula is C6H9NNa2O5S. The van der Waals surface area contributed by atoms with Crippen LogP contribution in [-0.2, 0) is 19.7 Å². The van der Waals surface area contributed by atoms with Crippen LogP contribution in [0.25, 0.3) is 0 Å². The first kappa shape index (κ1) is 18.2. The van der Waals surface area contributed by atoms with Gasteiger partial charge < -0.3 is 0 Å². The van der Waals surface area contributed by atoms with Gasteiger partial charge in [0, 0.05) is 6.20 Å². The second kappa shape index (κ2) is 6.51. The molecule has 1 aliphatic heterocycles. The zero-order chi connectivity index (χ0) is 10.2. The molecule has 9 heteroatoms. The number of hydrogen-bond acceptors (Lipinski definition) is 4. The van der Waals surface area contributed by atoms with Crippen molar-refractivity contribution in [1.29, 1.82) is 0 Å². The van der Waals surface area contributed by atoms with E-state index in [2.05, 4.69) is 6.58 Å². The third-order valence-corrected chi connectivity index (χ3v) is 2.77. The summed E-state index contributed by atoms with van der Waals surface area (Å²) in [5.41, 5.74) is 0. The SMILES string of the molecule is C=CN1C(=O)CC(S(=O)(=O)O)C1=O.[NaH].[NaH]. The summed E-state index contributed by atoms with van der Waals surface area (Å²) in [6, 6.07) is 0. The number of likely N-dealkylation sites (tertiary alicyclic amines) is 1. The van der Waals surface area contributed by atoms with Crippen LogP contribution in [0.1, 0.15) is 6.42 Å². The molecule has 0 bridgehead atoms. The number of imide groups is 1. The summed E-state index contributed by atoms with van der Waals surface area (Å²) in [5.74, 6) is -1.63. The van der Waals surface area contributed by atoms with Crippen LogP contribution in [0.15, 0.2) is 12.8 Å². The molecule has 1 rings (SSSR count). The zero-order valence-electron chi connectivity index (χ0n) is 6.50. The van der Waals surface area contributed by atoms with Gasteiger partial charge in [0.25, 0.3) is 16.0 Å². The molecule has 2 amide bonds. The Labute approximate surface area is 131 Å². The maximum absolute atomic E-state index is 11.1. The van der Waals surface area contributed by atoms with Crippen LogP contribution in [0.5, 0.6) is 0 Å². The number of amides is 2. The average molecular weight is 253 g/mol. The third kappa shape index (κ3) is 3.94. The number of rotatable bonds is 2. The van der Waals surface area contributed by atoms with Gasteiger partial charge in [-0.25, -0.2) is 0 Å². The van der Waals surface area contributed by atoms with Crippen molar-refractivity contribution in [1.82, 2.24) is 4.90 Å². The van der Waals surface area contributed by atoms with E-state index >= 15 is 0 Å². The quantitative estimate of drug-likeness (QED) is 0.344. The van der Waals surface area contributed by atoms with Crippen molar-refractivity contribution in [2.75, 3.05) is 0 Å². The Hall–Kier alpha value is 0.790. The molecular weight excluding hydrogens is 244 g/mol. The van der Waals surface area contributed by atoms with Gasteiger partial charge in [-0.3, -0.25) is 19.0 Å². The van der Waals surface area contributed by atoms with Crippen LogP contribution < -0.4 is 0 Å². The van der Waals surface area contributed by atoms with E-state index in [9.17, 15) is 18.0 Å². The summed E-state index contributed by atoms with van der Waals surface area (Å²) in [6.07, 6.45) is 0.402. The van der Waals surface area contributed by atoms with Crippen molar-refractivity contribution in [2.24, 2.45) is 0 Å². The Morgan fingerprint density at radius 3 is 2.07 bits per heavy atom. The van der Waals surface area contributed by atoms with E-state index in [1.54, 1.807) is 0 Å². The van der Waals surface area contributed by atoms with Gasteiger partial charge in [-0.15, -0.1) is 0 Å². The molecule has 0 spiro atoms. The van der Waals surface area contributed by atoms with Gasteiger partial charge in [-0.2, -0.15) is 8.42 Å². The molecule has 0 aromatic rings. The van der Waals surface area contributed by atoms with E-state index in [1.165, 1.54) is 0 Å². The molecule has 0 saturated carbocycles. The van der Waals surface area contributed by atoms with Gasteiger partial charge in [0.15, 0.2) is 5.25 Å². The van der Waals surface area contributed by atoms with E-state index in [0.29, 0.717) is 4.90 Å². The van der Waals surface area contributed by atoms with Crippen molar-refractivity contribution < 1.29 is 22.6 Å². The van der Waals surface area contributed by atoms with Crippen LogP contribution in [0.2, 0.25) is 0 Å². The molecule has 1 fully saturated rings. The third-order valence-electron chi connectivity index (χ3n) is 1.68. The van der Waals surface area contributed by atoms with Crippen molar-refractivity contribution in [3.63, 3.8) is 0 Å². The topological polar surface area (TPSA) is 91.8 Å². The second-order valence-electron chi connectivity index (χ2n) is 2.49. The van der Waals surface area contributed by atoms with Crippen LogP contribution in [0.4, 0.5) is 0 Å². The molecule has 1 heterocycles. The van der Waals surface area contributed by atoms with E-state index < -0.39 is 33.6 Å². The van der Waals surface area contributed by atoms with Gasteiger partial charge in [-0.1, -0.05) is 6.58 Å². The van der Waals surface area contributed by atoms with Crippen LogP contribution in [0, 0.1) is 0 Å².